The van der Waals surface area contributed by atoms with E-state index >= 15 is 0 Å². The molecule has 0 aliphatic carbocycles. The molecule has 0 aliphatic heterocycles. The SMILES string of the molecule is COC(=O)c1cc(Cl)ccc1NCc1ccc(CO)o1. The molecule has 0 unspecified atom stereocenters. The van der Waals surface area contributed by atoms with Crippen LogP contribution in [0.2, 0.25) is 5.02 Å². The highest BCUT2D eigenvalue weighted by Gasteiger charge is 2.12. The average molecular weight is 296 g/mol. The predicted molar refractivity (Wildman–Crippen MR) is 74.7 cm³/mol. The molecule has 0 saturated heterocycles. The number of carbonyl (C=O) groups is 1. The maximum absolute atomic E-state index is 11.7. The van der Waals surface area contributed by atoms with Gasteiger partial charge in [0.1, 0.15) is 18.1 Å². The molecule has 0 spiro atoms. The number of ether oxygens (including phenoxy) is 1. The van der Waals surface area contributed by atoms with Crippen LogP contribution < -0.4 is 5.32 Å². The van der Waals surface area contributed by atoms with Crippen LogP contribution in [-0.4, -0.2) is 18.2 Å². The second kappa shape index (κ2) is 6.45. The molecule has 0 atom stereocenters. The van der Waals surface area contributed by atoms with Crippen molar-refractivity contribution in [1.82, 2.24) is 0 Å². The highest BCUT2D eigenvalue weighted by molar-refractivity contribution is 6.31. The van der Waals surface area contributed by atoms with Crippen molar-refractivity contribution in [3.8, 4) is 0 Å². The summed E-state index contributed by atoms with van der Waals surface area (Å²) in [7, 11) is 1.31. The number of halogens is 1. The van der Waals surface area contributed by atoms with Crippen LogP contribution in [0.25, 0.3) is 0 Å². The summed E-state index contributed by atoms with van der Waals surface area (Å²) in [6.45, 7) is 0.236. The average Bonchev–Trinajstić information content (AvgIpc) is 2.93. The number of aliphatic hydroxyl groups is 1. The Labute approximate surface area is 121 Å². The van der Waals surface area contributed by atoms with Crippen LogP contribution in [0.5, 0.6) is 0 Å². The van der Waals surface area contributed by atoms with Crippen LogP contribution in [0.1, 0.15) is 21.9 Å². The summed E-state index contributed by atoms with van der Waals surface area (Å²) in [6.07, 6.45) is 0. The van der Waals surface area contributed by atoms with Gasteiger partial charge in [0.25, 0.3) is 0 Å². The van der Waals surface area contributed by atoms with E-state index in [0.717, 1.165) is 0 Å². The lowest BCUT2D eigenvalue weighted by atomic mass is 10.1. The molecule has 5 nitrogen and oxygen atoms in total. The highest BCUT2D eigenvalue weighted by Crippen LogP contribution is 2.22. The number of anilines is 1. The summed E-state index contributed by atoms with van der Waals surface area (Å²) in [6, 6.07) is 8.37. The fourth-order valence-electron chi connectivity index (χ4n) is 1.73. The lowest BCUT2D eigenvalue weighted by Crippen LogP contribution is -2.08. The summed E-state index contributed by atoms with van der Waals surface area (Å²) >= 11 is 5.88. The van der Waals surface area contributed by atoms with Gasteiger partial charge in [0.15, 0.2) is 0 Å². The number of benzene rings is 1. The molecule has 0 aliphatic rings. The van der Waals surface area contributed by atoms with Gasteiger partial charge in [0, 0.05) is 10.7 Å². The number of rotatable bonds is 5. The van der Waals surface area contributed by atoms with Gasteiger partial charge in [-0.1, -0.05) is 11.6 Å². The normalized spacial score (nSPS) is 10.3. The van der Waals surface area contributed by atoms with Gasteiger partial charge in [-0.05, 0) is 30.3 Å². The fraction of sp³-hybridized carbons (Fsp3) is 0.214. The Kier molecular flexibility index (Phi) is 4.65. The third-order valence-electron chi connectivity index (χ3n) is 2.71. The van der Waals surface area contributed by atoms with E-state index in [0.29, 0.717) is 34.3 Å². The summed E-state index contributed by atoms with van der Waals surface area (Å²) in [5, 5.41) is 12.5. The van der Waals surface area contributed by atoms with E-state index in [2.05, 4.69) is 5.32 Å². The molecule has 0 saturated carbocycles. The zero-order valence-corrected chi connectivity index (χ0v) is 11.6. The van der Waals surface area contributed by atoms with Crippen LogP contribution >= 0.6 is 11.6 Å². The van der Waals surface area contributed by atoms with E-state index in [1.807, 2.05) is 0 Å². The van der Waals surface area contributed by atoms with Crippen LogP contribution in [0.4, 0.5) is 5.69 Å². The molecular formula is C14H14ClNO4. The van der Waals surface area contributed by atoms with Crippen molar-refractivity contribution in [2.24, 2.45) is 0 Å². The Hall–Kier alpha value is -1.98. The first-order chi connectivity index (χ1) is 9.63. The van der Waals surface area contributed by atoms with Gasteiger partial charge in [0.05, 0.1) is 19.2 Å². The molecular weight excluding hydrogens is 282 g/mol. The highest BCUT2D eigenvalue weighted by atomic mass is 35.5. The first-order valence-corrected chi connectivity index (χ1v) is 6.32. The number of carbonyl (C=O) groups excluding carboxylic acids is 1. The van der Waals surface area contributed by atoms with E-state index < -0.39 is 5.97 Å². The summed E-state index contributed by atoms with van der Waals surface area (Å²) in [5.41, 5.74) is 0.956. The number of nitrogens with one attached hydrogen (secondary N) is 1. The van der Waals surface area contributed by atoms with Gasteiger partial charge >= 0.3 is 5.97 Å². The van der Waals surface area contributed by atoms with Crippen molar-refractivity contribution in [3.63, 3.8) is 0 Å². The Morgan fingerprint density at radius 1 is 1.35 bits per heavy atom. The second-order valence-corrected chi connectivity index (χ2v) is 4.50. The number of esters is 1. The lowest BCUT2D eigenvalue weighted by molar-refractivity contribution is 0.0602. The van der Waals surface area contributed by atoms with Gasteiger partial charge in [0.2, 0.25) is 0 Å². The molecule has 20 heavy (non-hydrogen) atoms. The Morgan fingerprint density at radius 2 is 2.10 bits per heavy atom. The zero-order chi connectivity index (χ0) is 14.5. The van der Waals surface area contributed by atoms with Gasteiger partial charge in [-0.3, -0.25) is 0 Å². The summed E-state index contributed by atoms with van der Waals surface area (Å²) < 4.78 is 10.1. The molecule has 2 rings (SSSR count). The van der Waals surface area contributed by atoms with Crippen molar-refractivity contribution in [3.05, 3.63) is 52.4 Å². The molecule has 0 radical (unpaired) electrons. The topological polar surface area (TPSA) is 71.7 Å². The van der Waals surface area contributed by atoms with E-state index in [1.54, 1.807) is 24.3 Å². The third kappa shape index (κ3) is 3.31. The quantitative estimate of drug-likeness (QED) is 0.830. The van der Waals surface area contributed by atoms with Crippen LogP contribution in [0.3, 0.4) is 0 Å². The molecule has 0 bridgehead atoms. The maximum atomic E-state index is 11.7. The Bertz CT molecular complexity index is 609. The Balaban J connectivity index is 2.14. The third-order valence-corrected chi connectivity index (χ3v) is 2.95. The van der Waals surface area contributed by atoms with Crippen molar-refractivity contribution >= 4 is 23.3 Å². The minimum absolute atomic E-state index is 0.144. The molecule has 0 fully saturated rings. The van der Waals surface area contributed by atoms with Crippen LogP contribution in [0.15, 0.2) is 34.7 Å². The molecule has 6 heteroatoms. The molecule has 1 heterocycles. The lowest BCUT2D eigenvalue weighted by Gasteiger charge is -2.10. The minimum atomic E-state index is -0.467. The number of methoxy groups -OCH3 is 1. The smallest absolute Gasteiger partial charge is 0.340 e. The summed E-state index contributed by atoms with van der Waals surface area (Å²) in [5.74, 6) is 0.677. The van der Waals surface area contributed by atoms with Crippen molar-refractivity contribution in [2.75, 3.05) is 12.4 Å². The number of hydrogen-bond acceptors (Lipinski definition) is 5. The van der Waals surface area contributed by atoms with Gasteiger partial charge in [-0.15, -0.1) is 0 Å². The number of aliphatic hydroxyl groups excluding tert-OH is 1. The van der Waals surface area contributed by atoms with Gasteiger partial charge < -0.3 is 19.6 Å². The van der Waals surface area contributed by atoms with Gasteiger partial charge in [-0.2, -0.15) is 0 Å². The van der Waals surface area contributed by atoms with E-state index in [-0.39, 0.29) is 6.61 Å². The van der Waals surface area contributed by atoms with Crippen molar-refractivity contribution in [1.29, 1.82) is 0 Å². The standard InChI is InChI=1S/C14H14ClNO4/c1-19-14(18)12-6-9(15)2-5-13(12)16-7-10-3-4-11(8-17)20-10/h2-6,16-17H,7-8H2,1H3. The molecule has 2 aromatic rings. The molecule has 2 N–H and O–H groups in total. The zero-order valence-electron chi connectivity index (χ0n) is 10.9. The first kappa shape index (κ1) is 14.4. The molecule has 1 aromatic heterocycles. The molecule has 106 valence electrons. The monoisotopic (exact) mass is 295 g/mol. The van der Waals surface area contributed by atoms with Gasteiger partial charge in [-0.25, -0.2) is 4.79 Å². The van der Waals surface area contributed by atoms with E-state index in [1.165, 1.54) is 13.2 Å². The minimum Gasteiger partial charge on any atom is -0.465 e. The van der Waals surface area contributed by atoms with E-state index in [4.69, 9.17) is 25.9 Å². The predicted octanol–water partition coefficient (Wildman–Crippen LogP) is 2.82. The van der Waals surface area contributed by atoms with Crippen molar-refractivity contribution in [2.45, 2.75) is 13.2 Å². The number of hydrogen-bond donors (Lipinski definition) is 2. The first-order valence-electron chi connectivity index (χ1n) is 5.94. The largest absolute Gasteiger partial charge is 0.465 e. The van der Waals surface area contributed by atoms with E-state index in [9.17, 15) is 4.79 Å². The molecule has 0 amide bonds. The maximum Gasteiger partial charge on any atom is 0.340 e. The molecule has 1 aromatic carbocycles. The number of furan rings is 1. The van der Waals surface area contributed by atoms with Crippen LogP contribution in [-0.2, 0) is 17.9 Å². The second-order valence-electron chi connectivity index (χ2n) is 4.06. The fourth-order valence-corrected chi connectivity index (χ4v) is 1.91. The van der Waals surface area contributed by atoms with Crippen molar-refractivity contribution < 1.29 is 19.1 Å². The Morgan fingerprint density at radius 3 is 2.75 bits per heavy atom. The summed E-state index contributed by atoms with van der Waals surface area (Å²) in [4.78, 5) is 11.7. The van der Waals surface area contributed by atoms with Crippen LogP contribution in [0, 0.1) is 0 Å².